The van der Waals surface area contributed by atoms with Gasteiger partial charge in [0.15, 0.2) is 5.65 Å². The van der Waals surface area contributed by atoms with Gasteiger partial charge in [-0.1, -0.05) is 25.1 Å². The summed E-state index contributed by atoms with van der Waals surface area (Å²) in [6, 6.07) is 5.66. The number of rotatable bonds is 5. The first-order valence-corrected chi connectivity index (χ1v) is 10.2. The zero-order chi connectivity index (χ0) is 22.4. The summed E-state index contributed by atoms with van der Waals surface area (Å²) in [5.41, 5.74) is 8.43. The molecule has 32 heavy (non-hydrogen) atoms. The zero-order valence-corrected chi connectivity index (χ0v) is 17.5. The summed E-state index contributed by atoms with van der Waals surface area (Å²) in [4.78, 5) is 20.6. The molecule has 11 heteroatoms. The zero-order valence-electron chi connectivity index (χ0n) is 17.5. The number of nitrogen functional groups attached to an aromatic ring is 1. The topological polar surface area (TPSA) is 137 Å². The summed E-state index contributed by atoms with van der Waals surface area (Å²) >= 11 is 0. The van der Waals surface area contributed by atoms with Crippen molar-refractivity contribution in [2.75, 3.05) is 16.4 Å². The number of hydrogen-bond donors (Lipinski definition) is 3. The molecule has 4 N–H and O–H groups in total. The van der Waals surface area contributed by atoms with Gasteiger partial charge in [-0.15, -0.1) is 0 Å². The molecule has 0 radical (unpaired) electrons. The molecule has 0 bridgehead atoms. The van der Waals surface area contributed by atoms with Gasteiger partial charge < -0.3 is 15.6 Å². The first kappa shape index (κ1) is 19.9. The van der Waals surface area contributed by atoms with Crippen molar-refractivity contribution in [3.63, 3.8) is 0 Å². The summed E-state index contributed by atoms with van der Waals surface area (Å²) in [7, 11) is 0. The van der Waals surface area contributed by atoms with E-state index in [1.54, 1.807) is 12.1 Å². The highest BCUT2D eigenvalue weighted by Crippen LogP contribution is 2.40. The van der Waals surface area contributed by atoms with Crippen LogP contribution in [0.25, 0.3) is 22.3 Å². The standard InChI is InChI=1S/C21H21FN8O2/c1-10(2)15-8-16(32-29-15)27-21(31)26-14-6-3-11(7-13(14)22)18-17-19(23)24-9-25-20(17)30(28-18)12-4-5-12/h3,6-10,12H,4-5H2,1-2H3,(H2,23,24,25)(H2,26,27,31). The molecule has 1 saturated carbocycles. The molecule has 0 aliphatic heterocycles. The summed E-state index contributed by atoms with van der Waals surface area (Å²) in [6.07, 6.45) is 3.42. The number of benzene rings is 1. The molecule has 0 saturated heterocycles. The summed E-state index contributed by atoms with van der Waals surface area (Å²) in [5.74, 6) is -0.00797. The maximum absolute atomic E-state index is 14.8. The minimum Gasteiger partial charge on any atom is -0.383 e. The lowest BCUT2D eigenvalue weighted by molar-refractivity contribution is 0.261. The van der Waals surface area contributed by atoms with Crippen LogP contribution in [0, 0.1) is 5.82 Å². The average Bonchev–Trinajstić information content (AvgIpc) is 3.35. The molecule has 3 aromatic heterocycles. The minimum absolute atomic E-state index is 0.00463. The lowest BCUT2D eigenvalue weighted by atomic mass is 10.1. The predicted molar refractivity (Wildman–Crippen MR) is 117 cm³/mol. The van der Waals surface area contributed by atoms with Crippen LogP contribution >= 0.6 is 0 Å². The van der Waals surface area contributed by atoms with Crippen molar-refractivity contribution in [2.45, 2.75) is 38.6 Å². The molecule has 1 aliphatic carbocycles. The van der Waals surface area contributed by atoms with Gasteiger partial charge in [0, 0.05) is 11.6 Å². The molecule has 5 rings (SSSR count). The lowest BCUT2D eigenvalue weighted by Crippen LogP contribution is -2.19. The molecule has 1 aliphatic rings. The predicted octanol–water partition coefficient (Wildman–Crippen LogP) is 4.30. The molecule has 0 atom stereocenters. The SMILES string of the molecule is CC(C)c1cc(NC(=O)Nc2ccc(-c3nn(C4CC4)c4ncnc(N)c34)cc2F)on1. The van der Waals surface area contributed by atoms with E-state index in [1.807, 2.05) is 18.5 Å². The highest BCUT2D eigenvalue weighted by molar-refractivity contribution is 6.00. The van der Waals surface area contributed by atoms with E-state index in [2.05, 4.69) is 30.9 Å². The number of carbonyl (C=O) groups excluding carboxylic acids is 1. The Morgan fingerprint density at radius 1 is 1.25 bits per heavy atom. The number of nitrogens with zero attached hydrogens (tertiary/aromatic N) is 5. The Morgan fingerprint density at radius 2 is 2.06 bits per heavy atom. The van der Waals surface area contributed by atoms with Crippen LogP contribution in [-0.4, -0.2) is 30.9 Å². The molecule has 164 valence electrons. The highest BCUT2D eigenvalue weighted by Gasteiger charge is 2.29. The van der Waals surface area contributed by atoms with Crippen LogP contribution in [-0.2, 0) is 0 Å². The number of nitrogens with two attached hydrogens (primary N) is 1. The van der Waals surface area contributed by atoms with Gasteiger partial charge in [0.25, 0.3) is 0 Å². The number of fused-ring (bicyclic) bond motifs is 1. The smallest absolute Gasteiger partial charge is 0.326 e. The quantitative estimate of drug-likeness (QED) is 0.424. The Kier molecular flexibility index (Phi) is 4.72. The van der Waals surface area contributed by atoms with Crippen molar-refractivity contribution in [3.8, 4) is 11.3 Å². The van der Waals surface area contributed by atoms with E-state index in [9.17, 15) is 9.18 Å². The number of amides is 2. The molecule has 1 fully saturated rings. The Labute approximate surface area is 182 Å². The van der Waals surface area contributed by atoms with Gasteiger partial charge in [-0.05, 0) is 30.9 Å². The van der Waals surface area contributed by atoms with Crippen LogP contribution in [0.4, 0.5) is 26.6 Å². The second-order valence-corrected chi connectivity index (χ2v) is 8.03. The first-order chi connectivity index (χ1) is 15.4. The van der Waals surface area contributed by atoms with Crippen LogP contribution in [0.15, 0.2) is 35.1 Å². The maximum atomic E-state index is 14.8. The van der Waals surface area contributed by atoms with Gasteiger partial charge in [0.05, 0.1) is 22.8 Å². The summed E-state index contributed by atoms with van der Waals surface area (Å²) in [6.45, 7) is 3.91. The average molecular weight is 436 g/mol. The third kappa shape index (κ3) is 3.61. The minimum atomic E-state index is -0.649. The van der Waals surface area contributed by atoms with Crippen molar-refractivity contribution in [3.05, 3.63) is 42.1 Å². The van der Waals surface area contributed by atoms with E-state index in [4.69, 9.17) is 10.3 Å². The largest absolute Gasteiger partial charge is 0.383 e. The number of nitrogens with one attached hydrogen (secondary N) is 2. The van der Waals surface area contributed by atoms with Gasteiger partial charge in [0.2, 0.25) is 5.88 Å². The van der Waals surface area contributed by atoms with E-state index < -0.39 is 11.8 Å². The van der Waals surface area contributed by atoms with Crippen molar-refractivity contribution in [2.24, 2.45) is 0 Å². The molecule has 0 spiro atoms. The Bertz CT molecular complexity index is 1320. The molecule has 1 aromatic carbocycles. The van der Waals surface area contributed by atoms with Gasteiger partial charge in [0.1, 0.15) is 23.7 Å². The Morgan fingerprint density at radius 3 is 2.75 bits per heavy atom. The monoisotopic (exact) mass is 436 g/mol. The second-order valence-electron chi connectivity index (χ2n) is 8.03. The van der Waals surface area contributed by atoms with E-state index >= 15 is 0 Å². The van der Waals surface area contributed by atoms with Crippen LogP contribution < -0.4 is 16.4 Å². The van der Waals surface area contributed by atoms with Crippen molar-refractivity contribution in [1.29, 1.82) is 0 Å². The molecule has 2 amide bonds. The van der Waals surface area contributed by atoms with E-state index in [0.29, 0.717) is 28.0 Å². The van der Waals surface area contributed by atoms with Crippen molar-refractivity contribution >= 4 is 34.5 Å². The molecular formula is C21H21FN8O2. The molecule has 3 heterocycles. The fraction of sp³-hybridized carbons (Fsp3) is 0.286. The number of hydrogen-bond acceptors (Lipinski definition) is 7. The van der Waals surface area contributed by atoms with E-state index in [-0.39, 0.29) is 29.3 Å². The molecule has 0 unspecified atom stereocenters. The second kappa shape index (κ2) is 7.59. The summed E-state index contributed by atoms with van der Waals surface area (Å²) < 4.78 is 21.7. The van der Waals surface area contributed by atoms with E-state index in [1.165, 1.54) is 18.5 Å². The lowest BCUT2D eigenvalue weighted by Gasteiger charge is -2.08. The highest BCUT2D eigenvalue weighted by atomic mass is 19.1. The van der Waals surface area contributed by atoms with Crippen LogP contribution in [0.1, 0.15) is 44.3 Å². The number of aromatic nitrogens is 5. The first-order valence-electron chi connectivity index (χ1n) is 10.2. The normalized spacial score (nSPS) is 13.6. The maximum Gasteiger partial charge on any atom is 0.326 e. The summed E-state index contributed by atoms with van der Waals surface area (Å²) in [5, 5.41) is 14.1. The van der Waals surface area contributed by atoms with Gasteiger partial charge in [-0.3, -0.25) is 5.32 Å². The Hall–Kier alpha value is -4.02. The fourth-order valence-corrected chi connectivity index (χ4v) is 3.42. The molecule has 4 aromatic rings. The van der Waals surface area contributed by atoms with Crippen molar-refractivity contribution < 1.29 is 13.7 Å². The van der Waals surface area contributed by atoms with Gasteiger partial charge in [-0.25, -0.2) is 23.8 Å². The van der Waals surface area contributed by atoms with Crippen LogP contribution in [0.2, 0.25) is 0 Å². The third-order valence-electron chi connectivity index (χ3n) is 5.26. The fourth-order valence-electron chi connectivity index (χ4n) is 3.42. The number of halogens is 1. The van der Waals surface area contributed by atoms with E-state index in [0.717, 1.165) is 12.8 Å². The van der Waals surface area contributed by atoms with Gasteiger partial charge in [-0.2, -0.15) is 5.10 Å². The third-order valence-corrected chi connectivity index (χ3v) is 5.26. The van der Waals surface area contributed by atoms with Crippen LogP contribution in [0.5, 0.6) is 0 Å². The number of urea groups is 1. The van der Waals surface area contributed by atoms with Gasteiger partial charge >= 0.3 is 6.03 Å². The number of anilines is 3. The Balaban J connectivity index is 1.39. The molecular weight excluding hydrogens is 415 g/mol. The van der Waals surface area contributed by atoms with Crippen molar-refractivity contribution in [1.82, 2.24) is 24.9 Å². The molecule has 10 nitrogen and oxygen atoms in total. The number of carbonyl (C=O) groups is 1. The van der Waals surface area contributed by atoms with Crippen LogP contribution in [0.3, 0.4) is 0 Å².